The van der Waals surface area contributed by atoms with E-state index in [1.54, 1.807) is 0 Å². The summed E-state index contributed by atoms with van der Waals surface area (Å²) < 4.78 is 23.7. The molecule has 2 heteroatoms. The minimum absolute atomic E-state index is 0.00694. The molecule has 7 heavy (non-hydrogen) atoms. The average molecular weight is 104 g/mol. The Kier molecular flexibility index (Phi) is 1.02. The van der Waals surface area contributed by atoms with Gasteiger partial charge >= 0.3 is 0 Å². The molecule has 0 aromatic heterocycles. The molecule has 0 spiro atoms. The third-order valence-electron chi connectivity index (χ3n) is 1.05. The lowest BCUT2D eigenvalue weighted by Gasteiger charge is -2.02. The van der Waals surface area contributed by atoms with Gasteiger partial charge in [0.15, 0.2) is 0 Å². The molecule has 0 nitrogen and oxygen atoms in total. The van der Waals surface area contributed by atoms with Gasteiger partial charge in [0, 0.05) is 6.42 Å². The Morgan fingerprint density at radius 1 is 1.43 bits per heavy atom. The number of alkyl halides is 2. The van der Waals surface area contributed by atoms with E-state index in [1.807, 2.05) is 0 Å². The first-order chi connectivity index (χ1) is 3.21. The van der Waals surface area contributed by atoms with Crippen molar-refractivity contribution in [2.75, 3.05) is 0 Å². The zero-order valence-electron chi connectivity index (χ0n) is 3.88. The van der Waals surface area contributed by atoms with Gasteiger partial charge in [-0.3, -0.25) is 0 Å². The molecule has 1 aliphatic carbocycles. The smallest absolute Gasteiger partial charge is 0.206 e. The second-order valence-corrected chi connectivity index (χ2v) is 1.73. The summed E-state index contributed by atoms with van der Waals surface area (Å²) in [5, 5.41) is 0. The van der Waals surface area contributed by atoms with Crippen molar-refractivity contribution < 1.29 is 8.78 Å². The number of halogens is 2. The molecule has 1 aliphatic rings. The standard InChI is InChI=1S/C5H6F2/c6-5(7)3-1-2-4-5/h1-3H2. The quantitative estimate of drug-likeness (QED) is 0.440. The second-order valence-electron chi connectivity index (χ2n) is 1.73. The molecule has 2 radical (unpaired) electrons. The van der Waals surface area contributed by atoms with Crippen molar-refractivity contribution in [2.24, 2.45) is 0 Å². The van der Waals surface area contributed by atoms with Gasteiger partial charge in [0.25, 0.3) is 5.92 Å². The third-order valence-corrected chi connectivity index (χ3v) is 1.05. The summed E-state index contributed by atoms with van der Waals surface area (Å²) in [6.45, 7) is 0. The van der Waals surface area contributed by atoms with Crippen LogP contribution in [0.3, 0.4) is 0 Å². The molecular weight excluding hydrogens is 98.1 g/mol. The molecule has 1 saturated carbocycles. The van der Waals surface area contributed by atoms with Crippen LogP contribution in [0.5, 0.6) is 0 Å². The lowest BCUT2D eigenvalue weighted by molar-refractivity contribution is 0.0453. The van der Waals surface area contributed by atoms with Crippen molar-refractivity contribution in [3.63, 3.8) is 0 Å². The summed E-state index contributed by atoms with van der Waals surface area (Å²) in [6, 6.07) is 0. The Hall–Kier alpha value is -0.140. The molecule has 0 aromatic carbocycles. The Morgan fingerprint density at radius 2 is 2.14 bits per heavy atom. The van der Waals surface area contributed by atoms with Crippen LogP contribution in [-0.4, -0.2) is 5.92 Å². The van der Waals surface area contributed by atoms with E-state index < -0.39 is 5.92 Å². The molecule has 0 unspecified atom stereocenters. The van der Waals surface area contributed by atoms with Gasteiger partial charge in [-0.15, -0.1) is 0 Å². The van der Waals surface area contributed by atoms with Crippen LogP contribution in [0.4, 0.5) is 8.78 Å². The molecule has 1 fully saturated rings. The summed E-state index contributed by atoms with van der Waals surface area (Å²) in [4.78, 5) is 0. The minimum atomic E-state index is -2.56. The first-order valence-electron chi connectivity index (χ1n) is 2.34. The Labute approximate surface area is 41.5 Å². The van der Waals surface area contributed by atoms with Crippen molar-refractivity contribution >= 4 is 0 Å². The molecule has 0 bridgehead atoms. The molecule has 0 saturated heterocycles. The summed E-state index contributed by atoms with van der Waals surface area (Å²) in [5.74, 6) is -2.56. The topological polar surface area (TPSA) is 0 Å². The molecular formula is C5H6F2. The molecule has 40 valence electrons. The van der Waals surface area contributed by atoms with Gasteiger partial charge in [0.1, 0.15) is 0 Å². The van der Waals surface area contributed by atoms with Crippen molar-refractivity contribution in [2.45, 2.75) is 25.2 Å². The van der Waals surface area contributed by atoms with Gasteiger partial charge < -0.3 is 0 Å². The maximum absolute atomic E-state index is 11.8. The summed E-state index contributed by atoms with van der Waals surface area (Å²) in [7, 11) is 0. The van der Waals surface area contributed by atoms with E-state index in [2.05, 4.69) is 6.42 Å². The highest BCUT2D eigenvalue weighted by Crippen LogP contribution is 2.32. The van der Waals surface area contributed by atoms with Crippen molar-refractivity contribution in [1.29, 1.82) is 0 Å². The predicted molar refractivity (Wildman–Crippen MR) is 22.0 cm³/mol. The second kappa shape index (κ2) is 1.42. The molecule has 0 aromatic rings. The monoisotopic (exact) mass is 104 g/mol. The lowest BCUT2D eigenvalue weighted by Crippen LogP contribution is -2.07. The van der Waals surface area contributed by atoms with Crippen LogP contribution in [0.25, 0.3) is 0 Å². The summed E-state index contributed by atoms with van der Waals surface area (Å²) in [6.07, 6.45) is 3.14. The van der Waals surface area contributed by atoms with Crippen LogP contribution in [0, 0.1) is 6.42 Å². The zero-order chi connectivity index (χ0) is 5.33. The maximum Gasteiger partial charge on any atom is 0.255 e. The van der Waals surface area contributed by atoms with E-state index in [-0.39, 0.29) is 6.42 Å². The molecule has 1 rings (SSSR count). The van der Waals surface area contributed by atoms with Gasteiger partial charge in [0.2, 0.25) is 0 Å². The fourth-order valence-electron chi connectivity index (χ4n) is 0.670. The van der Waals surface area contributed by atoms with Gasteiger partial charge in [-0.05, 0) is 12.8 Å². The number of rotatable bonds is 0. The van der Waals surface area contributed by atoms with Crippen LogP contribution in [0.2, 0.25) is 0 Å². The van der Waals surface area contributed by atoms with Gasteiger partial charge in [0.05, 0.1) is 6.42 Å². The van der Waals surface area contributed by atoms with Gasteiger partial charge in [-0.1, -0.05) is 0 Å². The lowest BCUT2D eigenvalue weighted by atomic mass is 10.3. The van der Waals surface area contributed by atoms with E-state index in [1.165, 1.54) is 0 Å². The van der Waals surface area contributed by atoms with Crippen molar-refractivity contribution in [3.8, 4) is 0 Å². The Balaban J connectivity index is 2.40. The van der Waals surface area contributed by atoms with Crippen molar-refractivity contribution in [3.05, 3.63) is 6.42 Å². The highest BCUT2D eigenvalue weighted by atomic mass is 19.3. The van der Waals surface area contributed by atoms with E-state index in [0.717, 1.165) is 0 Å². The Morgan fingerprint density at radius 3 is 2.29 bits per heavy atom. The molecule has 0 atom stereocenters. The van der Waals surface area contributed by atoms with Crippen LogP contribution in [0.1, 0.15) is 19.3 Å². The summed E-state index contributed by atoms with van der Waals surface area (Å²) >= 11 is 0. The van der Waals surface area contributed by atoms with Crippen LogP contribution in [-0.2, 0) is 0 Å². The van der Waals surface area contributed by atoms with E-state index >= 15 is 0 Å². The van der Waals surface area contributed by atoms with E-state index in [0.29, 0.717) is 12.8 Å². The zero-order valence-corrected chi connectivity index (χ0v) is 3.88. The number of hydrogen-bond acceptors (Lipinski definition) is 0. The SMILES string of the molecule is FC1(F)[C]CCC1. The third kappa shape index (κ3) is 1.11. The van der Waals surface area contributed by atoms with Gasteiger partial charge in [-0.25, -0.2) is 8.78 Å². The minimum Gasteiger partial charge on any atom is -0.206 e. The average Bonchev–Trinajstić information content (AvgIpc) is 1.84. The van der Waals surface area contributed by atoms with Gasteiger partial charge in [-0.2, -0.15) is 0 Å². The first kappa shape index (κ1) is 5.01. The number of hydrogen-bond donors (Lipinski definition) is 0. The largest absolute Gasteiger partial charge is 0.255 e. The van der Waals surface area contributed by atoms with Crippen LogP contribution in [0.15, 0.2) is 0 Å². The van der Waals surface area contributed by atoms with E-state index in [9.17, 15) is 8.78 Å². The predicted octanol–water partition coefficient (Wildman–Crippen LogP) is 1.89. The van der Waals surface area contributed by atoms with Crippen LogP contribution < -0.4 is 0 Å². The Bertz CT molecular complexity index is 60.5. The fraction of sp³-hybridized carbons (Fsp3) is 0.800. The van der Waals surface area contributed by atoms with Crippen molar-refractivity contribution in [1.82, 2.24) is 0 Å². The maximum atomic E-state index is 11.8. The molecule has 0 heterocycles. The fourth-order valence-corrected chi connectivity index (χ4v) is 0.670. The molecule has 0 N–H and O–H groups in total. The first-order valence-corrected chi connectivity index (χ1v) is 2.34. The summed E-state index contributed by atoms with van der Waals surface area (Å²) in [5.41, 5.74) is 0. The van der Waals surface area contributed by atoms with Crippen LogP contribution >= 0.6 is 0 Å². The highest BCUT2D eigenvalue weighted by molar-refractivity contribution is 4.90. The molecule has 0 amide bonds. The highest BCUT2D eigenvalue weighted by Gasteiger charge is 2.33. The van der Waals surface area contributed by atoms with E-state index in [4.69, 9.17) is 0 Å². The normalized spacial score (nSPS) is 28.3. The molecule has 0 aliphatic heterocycles.